The van der Waals surface area contributed by atoms with Crippen molar-refractivity contribution < 1.29 is 13.9 Å². The average molecular weight is 435 g/mol. The Labute approximate surface area is 188 Å². The van der Waals surface area contributed by atoms with Gasteiger partial charge in [-0.1, -0.05) is 31.5 Å². The Morgan fingerprint density at radius 2 is 1.72 bits per heavy atom. The number of ether oxygens (including phenoxy) is 1. The summed E-state index contributed by atoms with van der Waals surface area (Å²) < 4.78 is 11.3. The average Bonchev–Trinajstić information content (AvgIpc) is 3.30. The molecule has 32 heavy (non-hydrogen) atoms. The van der Waals surface area contributed by atoms with Crippen LogP contribution in [0.2, 0.25) is 0 Å². The van der Waals surface area contributed by atoms with E-state index in [2.05, 4.69) is 34.3 Å². The van der Waals surface area contributed by atoms with E-state index >= 15 is 0 Å². The summed E-state index contributed by atoms with van der Waals surface area (Å²) in [5.74, 6) is 1.27. The molecule has 0 radical (unpaired) electrons. The minimum absolute atomic E-state index is 0.0820. The van der Waals surface area contributed by atoms with Crippen molar-refractivity contribution in [2.75, 3.05) is 32.8 Å². The number of rotatable bonds is 7. The molecule has 0 bridgehead atoms. The lowest BCUT2D eigenvalue weighted by molar-refractivity contribution is 0.00673. The minimum Gasteiger partial charge on any atom is -0.416 e. The number of nitrogens with one attached hydrogen (secondary N) is 1. The highest BCUT2D eigenvalue weighted by Gasteiger charge is 2.24. The van der Waals surface area contributed by atoms with Gasteiger partial charge in [0.2, 0.25) is 11.8 Å². The van der Waals surface area contributed by atoms with Crippen LogP contribution < -0.4 is 5.32 Å². The van der Waals surface area contributed by atoms with Crippen LogP contribution in [0.5, 0.6) is 0 Å². The van der Waals surface area contributed by atoms with Gasteiger partial charge in [0.05, 0.1) is 13.2 Å². The molecule has 168 valence electrons. The first kappa shape index (κ1) is 22.2. The van der Waals surface area contributed by atoms with Gasteiger partial charge in [-0.3, -0.25) is 9.69 Å². The van der Waals surface area contributed by atoms with E-state index < -0.39 is 0 Å². The molecule has 0 aliphatic carbocycles. The normalized spacial score (nSPS) is 15.6. The highest BCUT2D eigenvalue weighted by molar-refractivity contribution is 5.94. The zero-order chi connectivity index (χ0) is 22.5. The number of hydrogen-bond acceptors (Lipinski definition) is 6. The number of benzene rings is 2. The van der Waals surface area contributed by atoms with Crippen LogP contribution in [-0.2, 0) is 4.74 Å². The third kappa shape index (κ3) is 5.23. The van der Waals surface area contributed by atoms with Crippen LogP contribution in [0.1, 0.15) is 29.8 Å². The molecule has 1 amide bonds. The second-order valence-corrected chi connectivity index (χ2v) is 8.53. The Kier molecular flexibility index (Phi) is 6.97. The third-order valence-corrected chi connectivity index (χ3v) is 5.84. The second kappa shape index (κ2) is 10.1. The third-order valence-electron chi connectivity index (χ3n) is 5.84. The van der Waals surface area contributed by atoms with Crippen molar-refractivity contribution in [3.63, 3.8) is 0 Å². The minimum atomic E-state index is -0.0820. The van der Waals surface area contributed by atoms with Gasteiger partial charge >= 0.3 is 0 Å². The van der Waals surface area contributed by atoms with E-state index in [-0.39, 0.29) is 5.91 Å². The van der Waals surface area contributed by atoms with Crippen molar-refractivity contribution in [1.29, 1.82) is 0 Å². The molecule has 1 fully saturated rings. The molecule has 0 saturated carbocycles. The van der Waals surface area contributed by atoms with Crippen LogP contribution >= 0.6 is 0 Å². The van der Waals surface area contributed by atoms with E-state index in [1.165, 1.54) is 0 Å². The van der Waals surface area contributed by atoms with E-state index in [0.717, 1.165) is 43.0 Å². The molecule has 1 aliphatic rings. The van der Waals surface area contributed by atoms with Gasteiger partial charge < -0.3 is 14.5 Å². The summed E-state index contributed by atoms with van der Waals surface area (Å²) in [6, 6.07) is 15.5. The number of carbonyl (C=O) groups excluding carboxylic acids is 1. The lowest BCUT2D eigenvalue weighted by atomic mass is 10.0. The van der Waals surface area contributed by atoms with E-state index in [4.69, 9.17) is 9.15 Å². The van der Waals surface area contributed by atoms with Crippen molar-refractivity contribution in [1.82, 2.24) is 20.4 Å². The summed E-state index contributed by atoms with van der Waals surface area (Å²) >= 11 is 0. The maximum atomic E-state index is 12.7. The molecule has 2 heterocycles. The summed E-state index contributed by atoms with van der Waals surface area (Å²) in [5.41, 5.74) is 3.41. The molecular formula is C25H30N4O3. The molecule has 4 rings (SSSR count). The molecule has 7 nitrogen and oxygen atoms in total. The van der Waals surface area contributed by atoms with Gasteiger partial charge in [-0.05, 0) is 49.2 Å². The molecule has 1 saturated heterocycles. The number of aryl methyl sites for hydroxylation is 1. The Morgan fingerprint density at radius 3 is 2.38 bits per heavy atom. The maximum absolute atomic E-state index is 12.7. The van der Waals surface area contributed by atoms with Gasteiger partial charge in [-0.2, -0.15) is 0 Å². The van der Waals surface area contributed by atoms with Crippen LogP contribution in [0.25, 0.3) is 22.9 Å². The van der Waals surface area contributed by atoms with Crippen molar-refractivity contribution in [2.45, 2.75) is 26.8 Å². The number of amides is 1. The van der Waals surface area contributed by atoms with Crippen LogP contribution in [0.3, 0.4) is 0 Å². The quantitative estimate of drug-likeness (QED) is 0.609. The predicted octanol–water partition coefficient (Wildman–Crippen LogP) is 3.80. The Bertz CT molecular complexity index is 1040. The SMILES string of the molecule is Cc1cccc(-c2nnc(-c3ccc(C(=O)NCC(C(C)C)N4CCOCC4)cc3)o2)c1. The van der Waals surface area contributed by atoms with Gasteiger partial charge in [-0.15, -0.1) is 10.2 Å². The molecule has 7 heteroatoms. The van der Waals surface area contributed by atoms with E-state index in [9.17, 15) is 4.79 Å². The van der Waals surface area contributed by atoms with E-state index in [1.54, 1.807) is 12.1 Å². The smallest absolute Gasteiger partial charge is 0.251 e. The molecule has 3 aromatic rings. The van der Waals surface area contributed by atoms with Gasteiger partial charge in [-0.25, -0.2) is 0 Å². The molecule has 1 unspecified atom stereocenters. The van der Waals surface area contributed by atoms with E-state index in [1.807, 2.05) is 43.3 Å². The molecular weight excluding hydrogens is 404 g/mol. The molecule has 1 atom stereocenters. The van der Waals surface area contributed by atoms with Gasteiger partial charge in [0, 0.05) is 42.4 Å². The van der Waals surface area contributed by atoms with Crippen LogP contribution in [-0.4, -0.2) is 59.9 Å². The number of carbonyl (C=O) groups is 1. The van der Waals surface area contributed by atoms with Crippen molar-refractivity contribution >= 4 is 5.91 Å². The van der Waals surface area contributed by atoms with Crippen molar-refractivity contribution in [3.8, 4) is 22.9 Å². The summed E-state index contributed by atoms with van der Waals surface area (Å²) in [6.45, 7) is 10.3. The monoisotopic (exact) mass is 434 g/mol. The number of morpholine rings is 1. The van der Waals surface area contributed by atoms with Crippen LogP contribution in [0.4, 0.5) is 0 Å². The van der Waals surface area contributed by atoms with Gasteiger partial charge in [0.25, 0.3) is 5.91 Å². The fraction of sp³-hybridized carbons (Fsp3) is 0.400. The zero-order valence-corrected chi connectivity index (χ0v) is 18.9. The molecule has 1 aromatic heterocycles. The summed E-state index contributed by atoms with van der Waals surface area (Å²) in [6.07, 6.45) is 0. The zero-order valence-electron chi connectivity index (χ0n) is 18.9. The first-order chi connectivity index (χ1) is 15.5. The molecule has 1 aliphatic heterocycles. The van der Waals surface area contributed by atoms with Gasteiger partial charge in [0.1, 0.15) is 0 Å². The van der Waals surface area contributed by atoms with E-state index in [0.29, 0.717) is 35.8 Å². The second-order valence-electron chi connectivity index (χ2n) is 8.53. The lowest BCUT2D eigenvalue weighted by Crippen LogP contribution is -2.51. The fourth-order valence-corrected chi connectivity index (χ4v) is 3.99. The summed E-state index contributed by atoms with van der Waals surface area (Å²) in [4.78, 5) is 15.1. The summed E-state index contributed by atoms with van der Waals surface area (Å²) in [7, 11) is 0. The highest BCUT2D eigenvalue weighted by atomic mass is 16.5. The Balaban J connectivity index is 1.39. The number of hydrogen-bond donors (Lipinski definition) is 1. The largest absolute Gasteiger partial charge is 0.416 e. The molecule has 1 N–H and O–H groups in total. The topological polar surface area (TPSA) is 80.5 Å². The number of nitrogens with zero attached hydrogens (tertiary/aromatic N) is 3. The fourth-order valence-electron chi connectivity index (χ4n) is 3.99. The van der Waals surface area contributed by atoms with Crippen molar-refractivity contribution in [2.24, 2.45) is 5.92 Å². The first-order valence-corrected chi connectivity index (χ1v) is 11.1. The Morgan fingerprint density at radius 1 is 1.03 bits per heavy atom. The van der Waals surface area contributed by atoms with Crippen molar-refractivity contribution in [3.05, 3.63) is 59.7 Å². The first-order valence-electron chi connectivity index (χ1n) is 11.1. The van der Waals surface area contributed by atoms with Gasteiger partial charge in [0.15, 0.2) is 0 Å². The Hall–Kier alpha value is -3.03. The standard InChI is InChI=1S/C25H30N4O3/c1-17(2)22(29-11-13-31-14-12-29)16-26-23(30)19-7-9-20(10-8-19)24-27-28-25(32-24)21-6-4-5-18(3)15-21/h4-10,15,17,22H,11-14,16H2,1-3H3,(H,26,30). The predicted molar refractivity (Wildman–Crippen MR) is 123 cm³/mol. The van der Waals surface area contributed by atoms with Crippen LogP contribution in [0, 0.1) is 12.8 Å². The summed E-state index contributed by atoms with van der Waals surface area (Å²) in [5, 5.41) is 11.4. The maximum Gasteiger partial charge on any atom is 0.251 e. The lowest BCUT2D eigenvalue weighted by Gasteiger charge is -2.36. The molecule has 2 aromatic carbocycles. The molecule has 0 spiro atoms. The number of aromatic nitrogens is 2. The highest BCUT2D eigenvalue weighted by Crippen LogP contribution is 2.24. The van der Waals surface area contributed by atoms with Crippen LogP contribution in [0.15, 0.2) is 52.9 Å².